The number of carbonyl (C=O) groups excluding carboxylic acids is 1. The van der Waals surface area contributed by atoms with Gasteiger partial charge >= 0.3 is 6.01 Å². The molecule has 0 bridgehead atoms. The van der Waals surface area contributed by atoms with Gasteiger partial charge in [0, 0.05) is 5.92 Å². The lowest BCUT2D eigenvalue weighted by molar-refractivity contribution is -0.120. The highest BCUT2D eigenvalue weighted by Gasteiger charge is 2.24. The van der Waals surface area contributed by atoms with Crippen molar-refractivity contribution in [1.29, 1.82) is 0 Å². The normalized spacial score (nSPS) is 24.5. The summed E-state index contributed by atoms with van der Waals surface area (Å²) in [6.07, 6.45) is 10.1. The van der Waals surface area contributed by atoms with Crippen LogP contribution in [-0.2, 0) is 4.79 Å². The molecule has 116 valence electrons. The number of amides is 1. The molecule has 6 nitrogen and oxygen atoms in total. The second kappa shape index (κ2) is 7.02. The van der Waals surface area contributed by atoms with E-state index in [1.807, 2.05) is 0 Å². The standard InChI is InChI=1S/C15H24N4O2/c20-13(11-7-4-2-1-3-5-8-11)17-15-19-18-14(21-15)12-9-6-10-16-12/h11-12,16H,1-10H2,(H,17,19,20). The van der Waals surface area contributed by atoms with E-state index < -0.39 is 0 Å². The minimum Gasteiger partial charge on any atom is -0.406 e. The van der Waals surface area contributed by atoms with Crippen LogP contribution < -0.4 is 10.6 Å². The molecule has 1 saturated heterocycles. The summed E-state index contributed by atoms with van der Waals surface area (Å²) in [7, 11) is 0. The SMILES string of the molecule is O=C(Nc1nnc(C2CCCN2)o1)C1CCCCCCC1. The van der Waals surface area contributed by atoms with Crippen molar-refractivity contribution in [1.82, 2.24) is 15.5 Å². The van der Waals surface area contributed by atoms with Crippen LogP contribution in [0.1, 0.15) is 69.7 Å². The molecular weight excluding hydrogens is 268 g/mol. The third-order valence-corrected chi connectivity index (χ3v) is 4.51. The van der Waals surface area contributed by atoms with Crippen molar-refractivity contribution in [3.05, 3.63) is 5.89 Å². The maximum Gasteiger partial charge on any atom is 0.322 e. The van der Waals surface area contributed by atoms with Crippen LogP contribution in [0.2, 0.25) is 0 Å². The summed E-state index contributed by atoms with van der Waals surface area (Å²) >= 11 is 0. The van der Waals surface area contributed by atoms with Crippen LogP contribution in [0.5, 0.6) is 0 Å². The van der Waals surface area contributed by atoms with Crippen LogP contribution in [0, 0.1) is 5.92 Å². The summed E-state index contributed by atoms with van der Waals surface area (Å²) in [4.78, 5) is 12.3. The molecule has 2 fully saturated rings. The molecule has 6 heteroatoms. The van der Waals surface area contributed by atoms with E-state index in [2.05, 4.69) is 20.8 Å². The Balaban J connectivity index is 1.56. The van der Waals surface area contributed by atoms with Gasteiger partial charge in [-0.25, -0.2) is 0 Å². The van der Waals surface area contributed by atoms with Crippen molar-refractivity contribution >= 4 is 11.9 Å². The highest BCUT2D eigenvalue weighted by atomic mass is 16.4. The van der Waals surface area contributed by atoms with Crippen LogP contribution in [0.3, 0.4) is 0 Å². The van der Waals surface area contributed by atoms with Gasteiger partial charge in [0.05, 0.1) is 6.04 Å². The number of aromatic nitrogens is 2. The van der Waals surface area contributed by atoms with Crippen molar-refractivity contribution in [2.45, 2.75) is 63.8 Å². The summed E-state index contributed by atoms with van der Waals surface area (Å²) < 4.78 is 5.57. The van der Waals surface area contributed by atoms with Crippen LogP contribution in [0.15, 0.2) is 4.42 Å². The lowest BCUT2D eigenvalue weighted by atomic mass is 9.90. The van der Waals surface area contributed by atoms with E-state index >= 15 is 0 Å². The van der Waals surface area contributed by atoms with E-state index in [-0.39, 0.29) is 23.9 Å². The minimum absolute atomic E-state index is 0.0338. The van der Waals surface area contributed by atoms with Crippen molar-refractivity contribution < 1.29 is 9.21 Å². The smallest absolute Gasteiger partial charge is 0.322 e. The Kier molecular flexibility index (Phi) is 4.85. The first-order chi connectivity index (χ1) is 10.3. The zero-order valence-corrected chi connectivity index (χ0v) is 12.4. The Morgan fingerprint density at radius 1 is 1.05 bits per heavy atom. The molecule has 1 aliphatic heterocycles. The molecule has 21 heavy (non-hydrogen) atoms. The maximum atomic E-state index is 12.3. The van der Waals surface area contributed by atoms with Crippen molar-refractivity contribution in [2.24, 2.45) is 5.92 Å². The Bertz CT molecular complexity index is 460. The zero-order valence-electron chi connectivity index (χ0n) is 12.4. The van der Waals surface area contributed by atoms with Gasteiger partial charge in [-0.15, -0.1) is 5.10 Å². The number of nitrogens with zero attached hydrogens (tertiary/aromatic N) is 2. The molecular formula is C15H24N4O2. The second-order valence-corrected chi connectivity index (χ2v) is 6.13. The summed E-state index contributed by atoms with van der Waals surface area (Å²) in [5.74, 6) is 0.706. The Hall–Kier alpha value is -1.43. The number of rotatable bonds is 3. The first kappa shape index (κ1) is 14.5. The molecule has 3 rings (SSSR count). The van der Waals surface area contributed by atoms with E-state index in [1.54, 1.807) is 0 Å². The Labute approximate surface area is 125 Å². The molecule has 1 aromatic rings. The summed E-state index contributed by atoms with van der Waals surface area (Å²) in [5.41, 5.74) is 0. The fraction of sp³-hybridized carbons (Fsp3) is 0.800. The van der Waals surface area contributed by atoms with E-state index in [9.17, 15) is 4.79 Å². The van der Waals surface area contributed by atoms with Crippen LogP contribution >= 0.6 is 0 Å². The number of anilines is 1. The third-order valence-electron chi connectivity index (χ3n) is 4.51. The number of hydrogen-bond acceptors (Lipinski definition) is 5. The van der Waals surface area contributed by atoms with E-state index in [0.717, 1.165) is 45.1 Å². The van der Waals surface area contributed by atoms with Crippen molar-refractivity contribution in [3.8, 4) is 0 Å². The Morgan fingerprint density at radius 3 is 2.52 bits per heavy atom. The van der Waals surface area contributed by atoms with Crippen molar-refractivity contribution in [2.75, 3.05) is 11.9 Å². The first-order valence-corrected chi connectivity index (χ1v) is 8.20. The van der Waals surface area contributed by atoms with Gasteiger partial charge in [0.25, 0.3) is 0 Å². The number of hydrogen-bond donors (Lipinski definition) is 2. The van der Waals surface area contributed by atoms with Crippen LogP contribution in [0.4, 0.5) is 6.01 Å². The summed E-state index contributed by atoms with van der Waals surface area (Å²) in [6.45, 7) is 0.983. The molecule has 0 spiro atoms. The summed E-state index contributed by atoms with van der Waals surface area (Å²) in [5, 5.41) is 14.1. The average molecular weight is 292 g/mol. The highest BCUT2D eigenvalue weighted by Crippen LogP contribution is 2.25. The zero-order chi connectivity index (χ0) is 14.5. The van der Waals surface area contributed by atoms with Gasteiger partial charge in [0.1, 0.15) is 0 Å². The van der Waals surface area contributed by atoms with Crippen LogP contribution in [-0.4, -0.2) is 22.6 Å². The van der Waals surface area contributed by atoms with Crippen LogP contribution in [0.25, 0.3) is 0 Å². The van der Waals surface area contributed by atoms with E-state index in [0.29, 0.717) is 5.89 Å². The molecule has 0 radical (unpaired) electrons. The van der Waals surface area contributed by atoms with E-state index in [1.165, 1.54) is 19.3 Å². The fourth-order valence-electron chi connectivity index (χ4n) is 3.25. The molecule has 1 aromatic heterocycles. The number of carbonyl (C=O) groups is 1. The number of nitrogens with one attached hydrogen (secondary N) is 2. The molecule has 1 saturated carbocycles. The monoisotopic (exact) mass is 292 g/mol. The molecule has 2 N–H and O–H groups in total. The van der Waals surface area contributed by atoms with Gasteiger partial charge in [-0.1, -0.05) is 37.2 Å². The minimum atomic E-state index is 0.0338. The lowest BCUT2D eigenvalue weighted by Crippen LogP contribution is -2.23. The molecule has 1 aliphatic carbocycles. The molecule has 1 amide bonds. The molecule has 1 unspecified atom stereocenters. The van der Waals surface area contributed by atoms with Gasteiger partial charge in [-0.2, -0.15) is 0 Å². The predicted octanol–water partition coefficient (Wildman–Crippen LogP) is 2.79. The molecule has 0 aromatic carbocycles. The Morgan fingerprint density at radius 2 is 1.81 bits per heavy atom. The largest absolute Gasteiger partial charge is 0.406 e. The molecule has 1 atom stereocenters. The average Bonchev–Trinajstić information content (AvgIpc) is 3.07. The van der Waals surface area contributed by atoms with Crippen molar-refractivity contribution in [3.63, 3.8) is 0 Å². The second-order valence-electron chi connectivity index (χ2n) is 6.13. The van der Waals surface area contributed by atoms with Gasteiger partial charge in [-0.05, 0) is 32.2 Å². The topological polar surface area (TPSA) is 80.0 Å². The van der Waals surface area contributed by atoms with E-state index in [4.69, 9.17) is 4.42 Å². The molecule has 2 aliphatic rings. The fourth-order valence-corrected chi connectivity index (χ4v) is 3.25. The summed E-state index contributed by atoms with van der Waals surface area (Å²) in [6, 6.07) is 0.385. The maximum absolute atomic E-state index is 12.3. The van der Waals surface area contributed by atoms with Gasteiger partial charge in [0.15, 0.2) is 0 Å². The van der Waals surface area contributed by atoms with Gasteiger partial charge < -0.3 is 9.73 Å². The predicted molar refractivity (Wildman–Crippen MR) is 78.7 cm³/mol. The van der Waals surface area contributed by atoms with Gasteiger partial charge in [-0.3, -0.25) is 10.1 Å². The quantitative estimate of drug-likeness (QED) is 0.895. The van der Waals surface area contributed by atoms with Gasteiger partial charge in [0.2, 0.25) is 11.8 Å². The molecule has 2 heterocycles. The third kappa shape index (κ3) is 3.81. The first-order valence-electron chi connectivity index (χ1n) is 8.20. The highest BCUT2D eigenvalue weighted by molar-refractivity contribution is 5.90. The lowest BCUT2D eigenvalue weighted by Gasteiger charge is -2.17.